The Kier molecular flexibility index (Phi) is 3.79. The van der Waals surface area contributed by atoms with Gasteiger partial charge >= 0.3 is 5.97 Å². The quantitative estimate of drug-likeness (QED) is 0.850. The molecule has 0 saturated carbocycles. The van der Waals surface area contributed by atoms with Crippen molar-refractivity contribution in [3.8, 4) is 0 Å². The summed E-state index contributed by atoms with van der Waals surface area (Å²) in [5, 5.41) is 12.0. The largest absolute Gasteiger partial charge is 0.475 e. The molecule has 0 fully saturated rings. The molecule has 2 N–H and O–H groups in total. The third kappa shape index (κ3) is 2.99. The van der Waals surface area contributed by atoms with Gasteiger partial charge < -0.3 is 14.8 Å². The van der Waals surface area contributed by atoms with Crippen molar-refractivity contribution < 1.29 is 14.3 Å². The van der Waals surface area contributed by atoms with E-state index in [-0.39, 0.29) is 11.8 Å². The van der Waals surface area contributed by atoms with Crippen molar-refractivity contribution in [2.45, 2.75) is 19.5 Å². The van der Waals surface area contributed by atoms with E-state index in [0.717, 1.165) is 0 Å². The van der Waals surface area contributed by atoms with Gasteiger partial charge in [0.25, 0.3) is 0 Å². The molecule has 1 heterocycles. The van der Waals surface area contributed by atoms with E-state index in [1.165, 1.54) is 11.6 Å². The highest BCUT2D eigenvalue weighted by Gasteiger charge is 2.10. The fourth-order valence-electron chi connectivity index (χ4n) is 1.70. The van der Waals surface area contributed by atoms with Crippen LogP contribution in [0.25, 0.3) is 0 Å². The molecule has 4 nitrogen and oxygen atoms in total. The lowest BCUT2D eigenvalue weighted by Crippen LogP contribution is -2.17. The highest BCUT2D eigenvalue weighted by molar-refractivity contribution is 5.84. The Hall–Kier alpha value is -2.07. The number of rotatable bonds is 5. The molecule has 1 aromatic heterocycles. The van der Waals surface area contributed by atoms with E-state index < -0.39 is 5.97 Å². The van der Waals surface area contributed by atoms with Crippen molar-refractivity contribution in [3.05, 3.63) is 59.5 Å². The van der Waals surface area contributed by atoms with Gasteiger partial charge in [-0.2, -0.15) is 0 Å². The molecule has 0 amide bonds. The van der Waals surface area contributed by atoms with E-state index in [1.807, 2.05) is 30.3 Å². The van der Waals surface area contributed by atoms with E-state index in [4.69, 9.17) is 9.52 Å². The Morgan fingerprint density at radius 3 is 2.61 bits per heavy atom. The lowest BCUT2D eigenvalue weighted by molar-refractivity contribution is 0.0660. The van der Waals surface area contributed by atoms with Gasteiger partial charge in [0.2, 0.25) is 5.76 Å². The predicted molar refractivity (Wildman–Crippen MR) is 67.4 cm³/mol. The molecule has 1 atom stereocenters. The second-order valence-electron chi connectivity index (χ2n) is 4.08. The Labute approximate surface area is 105 Å². The van der Waals surface area contributed by atoms with Gasteiger partial charge in [0.05, 0.1) is 6.54 Å². The monoisotopic (exact) mass is 245 g/mol. The predicted octanol–water partition coefficient (Wildman–Crippen LogP) is 2.83. The van der Waals surface area contributed by atoms with Gasteiger partial charge in [-0.1, -0.05) is 30.3 Å². The van der Waals surface area contributed by atoms with Gasteiger partial charge in [0.15, 0.2) is 0 Å². The zero-order valence-electron chi connectivity index (χ0n) is 10.1. The maximum atomic E-state index is 10.7. The first-order valence-electron chi connectivity index (χ1n) is 5.77. The summed E-state index contributed by atoms with van der Waals surface area (Å²) in [6, 6.07) is 13.4. The first-order valence-corrected chi connectivity index (χ1v) is 5.77. The number of furan rings is 1. The third-order valence-corrected chi connectivity index (χ3v) is 2.75. The van der Waals surface area contributed by atoms with Crippen LogP contribution in [0.5, 0.6) is 0 Å². The molecule has 4 heteroatoms. The van der Waals surface area contributed by atoms with E-state index in [2.05, 4.69) is 12.2 Å². The van der Waals surface area contributed by atoms with Crippen molar-refractivity contribution in [1.82, 2.24) is 5.32 Å². The van der Waals surface area contributed by atoms with Crippen molar-refractivity contribution in [2.24, 2.45) is 0 Å². The smallest absolute Gasteiger partial charge is 0.371 e. The Balaban J connectivity index is 1.93. The van der Waals surface area contributed by atoms with Crippen molar-refractivity contribution in [1.29, 1.82) is 0 Å². The lowest BCUT2D eigenvalue weighted by Gasteiger charge is -2.12. The molecule has 2 rings (SSSR count). The van der Waals surface area contributed by atoms with Crippen molar-refractivity contribution in [2.75, 3.05) is 0 Å². The molecule has 0 aliphatic rings. The second kappa shape index (κ2) is 5.51. The summed E-state index contributed by atoms with van der Waals surface area (Å²) < 4.78 is 5.17. The summed E-state index contributed by atoms with van der Waals surface area (Å²) in [5.74, 6) is -0.452. The van der Waals surface area contributed by atoms with Crippen LogP contribution < -0.4 is 5.32 Å². The van der Waals surface area contributed by atoms with Crippen LogP contribution in [-0.2, 0) is 6.54 Å². The molecule has 1 aromatic carbocycles. The van der Waals surface area contributed by atoms with Crippen LogP contribution in [0.1, 0.15) is 34.8 Å². The SMILES string of the molecule is C[C@@H](NCc1ccc(C(=O)O)o1)c1ccccc1. The van der Waals surface area contributed by atoms with Crippen LogP contribution >= 0.6 is 0 Å². The van der Waals surface area contributed by atoms with Crippen LogP contribution in [0.4, 0.5) is 0 Å². The van der Waals surface area contributed by atoms with Crippen LogP contribution in [0.15, 0.2) is 46.9 Å². The molecular formula is C14H15NO3. The van der Waals surface area contributed by atoms with Gasteiger partial charge in [0, 0.05) is 6.04 Å². The molecular weight excluding hydrogens is 230 g/mol. The zero-order valence-corrected chi connectivity index (χ0v) is 10.1. The molecule has 94 valence electrons. The standard InChI is InChI=1S/C14H15NO3/c1-10(11-5-3-2-4-6-11)15-9-12-7-8-13(18-12)14(16)17/h2-8,10,15H,9H2,1H3,(H,16,17)/t10-/m1/s1. The number of carboxylic acid groups (broad SMARTS) is 1. The van der Waals surface area contributed by atoms with Crippen LogP contribution in [0.2, 0.25) is 0 Å². The fraction of sp³-hybridized carbons (Fsp3) is 0.214. The molecule has 0 bridgehead atoms. The lowest BCUT2D eigenvalue weighted by atomic mass is 10.1. The van der Waals surface area contributed by atoms with Gasteiger partial charge in [-0.25, -0.2) is 4.79 Å². The Bertz CT molecular complexity index is 519. The summed E-state index contributed by atoms with van der Waals surface area (Å²) in [6.45, 7) is 2.56. The first-order chi connectivity index (χ1) is 8.66. The molecule has 18 heavy (non-hydrogen) atoms. The highest BCUT2D eigenvalue weighted by atomic mass is 16.4. The normalized spacial score (nSPS) is 12.3. The van der Waals surface area contributed by atoms with Gasteiger partial charge in [-0.3, -0.25) is 0 Å². The summed E-state index contributed by atoms with van der Waals surface area (Å²) in [7, 11) is 0. The van der Waals surface area contributed by atoms with E-state index in [9.17, 15) is 4.79 Å². The number of nitrogens with one attached hydrogen (secondary N) is 1. The number of hydrogen-bond acceptors (Lipinski definition) is 3. The maximum absolute atomic E-state index is 10.7. The number of hydrogen-bond donors (Lipinski definition) is 2. The molecule has 0 spiro atoms. The summed E-state index contributed by atoms with van der Waals surface area (Å²) in [6.07, 6.45) is 0. The summed E-state index contributed by atoms with van der Waals surface area (Å²) in [4.78, 5) is 10.7. The minimum atomic E-state index is -1.04. The average Bonchev–Trinajstić information content (AvgIpc) is 2.86. The average molecular weight is 245 g/mol. The van der Waals surface area contributed by atoms with E-state index in [0.29, 0.717) is 12.3 Å². The summed E-state index contributed by atoms with van der Waals surface area (Å²) >= 11 is 0. The Morgan fingerprint density at radius 1 is 1.28 bits per heavy atom. The minimum Gasteiger partial charge on any atom is -0.475 e. The van der Waals surface area contributed by atoms with E-state index in [1.54, 1.807) is 6.07 Å². The first kappa shape index (κ1) is 12.4. The Morgan fingerprint density at radius 2 is 2.00 bits per heavy atom. The van der Waals surface area contributed by atoms with Gasteiger partial charge in [0.1, 0.15) is 5.76 Å². The van der Waals surface area contributed by atoms with Crippen molar-refractivity contribution >= 4 is 5.97 Å². The number of benzene rings is 1. The topological polar surface area (TPSA) is 62.5 Å². The third-order valence-electron chi connectivity index (χ3n) is 2.75. The van der Waals surface area contributed by atoms with E-state index >= 15 is 0 Å². The molecule has 0 aliphatic heterocycles. The van der Waals surface area contributed by atoms with Gasteiger partial charge in [-0.05, 0) is 24.6 Å². The number of aromatic carboxylic acids is 1. The maximum Gasteiger partial charge on any atom is 0.371 e. The van der Waals surface area contributed by atoms with Gasteiger partial charge in [-0.15, -0.1) is 0 Å². The number of carbonyl (C=O) groups is 1. The number of carboxylic acids is 1. The molecule has 0 unspecified atom stereocenters. The molecule has 2 aromatic rings. The zero-order chi connectivity index (χ0) is 13.0. The highest BCUT2D eigenvalue weighted by Crippen LogP contribution is 2.13. The van der Waals surface area contributed by atoms with Crippen LogP contribution in [0, 0.1) is 0 Å². The molecule has 0 aliphatic carbocycles. The van der Waals surface area contributed by atoms with Crippen LogP contribution in [0.3, 0.4) is 0 Å². The van der Waals surface area contributed by atoms with Crippen molar-refractivity contribution in [3.63, 3.8) is 0 Å². The molecule has 0 saturated heterocycles. The molecule has 0 radical (unpaired) electrons. The summed E-state index contributed by atoms with van der Waals surface area (Å²) in [5.41, 5.74) is 1.18. The second-order valence-corrected chi connectivity index (χ2v) is 4.08. The minimum absolute atomic E-state index is 0.0286. The van der Waals surface area contributed by atoms with Crippen LogP contribution in [-0.4, -0.2) is 11.1 Å². The fourth-order valence-corrected chi connectivity index (χ4v) is 1.70.